The van der Waals surface area contributed by atoms with Gasteiger partial charge in [-0.15, -0.1) is 5.53 Å². The maximum atomic E-state index is 11.7. The fourth-order valence-electron chi connectivity index (χ4n) is 1.73. The average Bonchev–Trinajstić information content (AvgIpc) is 2.54. The number of hydrogen-bond acceptors (Lipinski definition) is 6. The Morgan fingerprint density at radius 2 is 2.12 bits per heavy atom. The van der Waals surface area contributed by atoms with Gasteiger partial charge in [-0.2, -0.15) is 5.10 Å². The van der Waals surface area contributed by atoms with Crippen LogP contribution in [0.1, 0.15) is 12.5 Å². The SMILES string of the molecule is CC1=NNC(=O)N(NNC(=O)NSC(=O)Nc2cccc(C)c2)C1. The quantitative estimate of drug-likeness (QED) is 0.414. The molecule has 0 aliphatic carbocycles. The van der Waals surface area contributed by atoms with Crippen LogP contribution in [0.4, 0.5) is 20.1 Å². The zero-order valence-corrected chi connectivity index (χ0v) is 13.9. The number of nitrogens with zero attached hydrogens (tertiary/aromatic N) is 2. The molecule has 10 nitrogen and oxygen atoms in total. The van der Waals surface area contributed by atoms with Crippen molar-refractivity contribution in [1.29, 1.82) is 0 Å². The van der Waals surface area contributed by atoms with E-state index >= 15 is 0 Å². The maximum Gasteiger partial charge on any atom is 0.353 e. The summed E-state index contributed by atoms with van der Waals surface area (Å²) >= 11 is 0.578. The van der Waals surface area contributed by atoms with E-state index < -0.39 is 17.3 Å². The van der Waals surface area contributed by atoms with E-state index in [2.05, 4.69) is 31.5 Å². The molecule has 2 rings (SSSR count). The van der Waals surface area contributed by atoms with Crippen molar-refractivity contribution < 1.29 is 14.4 Å². The molecular formula is C13H17N7O3S. The number of rotatable bonds is 3. The Hall–Kier alpha value is -2.79. The molecule has 1 aromatic carbocycles. The highest BCUT2D eigenvalue weighted by atomic mass is 32.2. The molecule has 0 radical (unpaired) electrons. The summed E-state index contributed by atoms with van der Waals surface area (Å²) in [4.78, 5) is 34.8. The normalized spacial score (nSPS) is 13.7. The van der Waals surface area contributed by atoms with E-state index in [4.69, 9.17) is 0 Å². The van der Waals surface area contributed by atoms with Crippen LogP contribution in [0.3, 0.4) is 0 Å². The van der Waals surface area contributed by atoms with Crippen LogP contribution in [0.25, 0.3) is 0 Å². The Balaban J connectivity index is 1.70. The zero-order valence-electron chi connectivity index (χ0n) is 13.0. The standard InChI is InChI=1S/C13H17N7O3S/c1-8-4-3-5-10(6-8)14-13(23)24-18-11(21)16-19-20-7-9(2)15-17-12(20)22/h3-6,19H,7H2,1-2H3,(H,14,23)(H,17,22)(H2,16,18,21). The van der Waals surface area contributed by atoms with Crippen LogP contribution in [0.2, 0.25) is 0 Å². The second kappa shape index (κ2) is 8.17. The fraction of sp³-hybridized carbons (Fsp3) is 0.231. The van der Waals surface area contributed by atoms with Crippen LogP contribution in [0, 0.1) is 6.92 Å². The van der Waals surface area contributed by atoms with E-state index in [9.17, 15) is 14.4 Å². The number of anilines is 1. The van der Waals surface area contributed by atoms with E-state index in [0.717, 1.165) is 10.6 Å². The lowest BCUT2D eigenvalue weighted by Crippen LogP contribution is -2.59. The molecule has 1 aromatic rings. The highest BCUT2D eigenvalue weighted by molar-refractivity contribution is 8.12. The summed E-state index contributed by atoms with van der Waals surface area (Å²) in [6.45, 7) is 3.84. The van der Waals surface area contributed by atoms with Crippen molar-refractivity contribution in [1.82, 2.24) is 26.1 Å². The van der Waals surface area contributed by atoms with Gasteiger partial charge in [0.05, 0.1) is 24.2 Å². The Morgan fingerprint density at radius 1 is 1.33 bits per heavy atom. The number of nitrogens with one attached hydrogen (secondary N) is 5. The van der Waals surface area contributed by atoms with E-state index in [1.807, 2.05) is 19.1 Å². The summed E-state index contributed by atoms with van der Waals surface area (Å²) in [5.41, 5.74) is 9.22. The molecule has 5 amide bonds. The minimum Gasteiger partial charge on any atom is -0.315 e. The van der Waals surface area contributed by atoms with Crippen LogP contribution in [-0.4, -0.2) is 34.6 Å². The van der Waals surface area contributed by atoms with Gasteiger partial charge in [-0.25, -0.2) is 20.0 Å². The zero-order chi connectivity index (χ0) is 17.5. The molecule has 0 bridgehead atoms. The number of amides is 5. The number of hydrogen-bond donors (Lipinski definition) is 5. The molecule has 24 heavy (non-hydrogen) atoms. The number of urea groups is 2. The largest absolute Gasteiger partial charge is 0.353 e. The average molecular weight is 351 g/mol. The van der Waals surface area contributed by atoms with Crippen molar-refractivity contribution >= 4 is 40.6 Å². The summed E-state index contributed by atoms with van der Waals surface area (Å²) in [5.74, 6) is 0. The van der Waals surface area contributed by atoms with Gasteiger partial charge < -0.3 is 5.32 Å². The number of hydrazone groups is 1. The van der Waals surface area contributed by atoms with Gasteiger partial charge in [-0.3, -0.25) is 14.9 Å². The molecule has 0 fully saturated rings. The lowest BCUT2D eigenvalue weighted by Gasteiger charge is -2.25. The highest BCUT2D eigenvalue weighted by Crippen LogP contribution is 2.11. The number of hydrazine groups is 2. The first-order valence-electron chi connectivity index (χ1n) is 6.91. The summed E-state index contributed by atoms with van der Waals surface area (Å²) < 4.78 is 2.29. The molecule has 0 saturated carbocycles. The predicted octanol–water partition coefficient (Wildman–Crippen LogP) is 1.30. The molecule has 0 saturated heterocycles. The topological polar surface area (TPSA) is 127 Å². The van der Waals surface area contributed by atoms with E-state index in [0.29, 0.717) is 23.3 Å². The minimum atomic E-state index is -0.688. The number of aryl methyl sites for hydroxylation is 1. The van der Waals surface area contributed by atoms with Gasteiger partial charge >= 0.3 is 17.3 Å². The number of carbonyl (C=O) groups is 3. The first-order valence-corrected chi connectivity index (χ1v) is 7.72. The third-order valence-electron chi connectivity index (χ3n) is 2.78. The Labute approximate surface area is 142 Å². The van der Waals surface area contributed by atoms with Crippen molar-refractivity contribution in [2.75, 3.05) is 11.9 Å². The lowest BCUT2D eigenvalue weighted by atomic mass is 10.2. The summed E-state index contributed by atoms with van der Waals surface area (Å²) in [6, 6.07) is 6.07. The molecule has 0 unspecified atom stereocenters. The molecule has 0 spiro atoms. The van der Waals surface area contributed by atoms with Crippen molar-refractivity contribution in [3.63, 3.8) is 0 Å². The van der Waals surface area contributed by atoms with Gasteiger partial charge in [0.2, 0.25) is 0 Å². The summed E-state index contributed by atoms with van der Waals surface area (Å²) in [7, 11) is 0. The smallest absolute Gasteiger partial charge is 0.315 e. The van der Waals surface area contributed by atoms with E-state index in [-0.39, 0.29) is 6.54 Å². The van der Waals surface area contributed by atoms with Gasteiger partial charge in [0.1, 0.15) is 0 Å². The second-order valence-electron chi connectivity index (χ2n) is 4.90. The van der Waals surface area contributed by atoms with Crippen molar-refractivity contribution in [2.24, 2.45) is 5.10 Å². The molecular weight excluding hydrogens is 334 g/mol. The Morgan fingerprint density at radius 3 is 2.88 bits per heavy atom. The fourth-order valence-corrected chi connectivity index (χ4v) is 2.14. The maximum absolute atomic E-state index is 11.7. The minimum absolute atomic E-state index is 0.215. The Kier molecular flexibility index (Phi) is 5.98. The molecule has 5 N–H and O–H groups in total. The highest BCUT2D eigenvalue weighted by Gasteiger charge is 2.19. The van der Waals surface area contributed by atoms with Crippen LogP contribution in [-0.2, 0) is 0 Å². The van der Waals surface area contributed by atoms with Gasteiger partial charge in [0, 0.05) is 5.69 Å². The second-order valence-corrected chi connectivity index (χ2v) is 5.68. The predicted molar refractivity (Wildman–Crippen MR) is 90.9 cm³/mol. The van der Waals surface area contributed by atoms with Gasteiger partial charge in [-0.1, -0.05) is 12.1 Å². The van der Waals surface area contributed by atoms with Gasteiger partial charge in [-0.05, 0) is 31.5 Å². The van der Waals surface area contributed by atoms with E-state index in [1.54, 1.807) is 19.1 Å². The molecule has 128 valence electrons. The first kappa shape index (κ1) is 17.6. The van der Waals surface area contributed by atoms with Crippen molar-refractivity contribution in [3.8, 4) is 0 Å². The molecule has 1 aliphatic rings. The lowest BCUT2D eigenvalue weighted by molar-refractivity contribution is 0.162. The molecule has 0 aromatic heterocycles. The summed E-state index contributed by atoms with van der Waals surface area (Å²) in [6.07, 6.45) is 0. The van der Waals surface area contributed by atoms with Crippen LogP contribution in [0.15, 0.2) is 29.4 Å². The van der Waals surface area contributed by atoms with E-state index in [1.165, 1.54) is 0 Å². The molecule has 1 aliphatic heterocycles. The molecule has 1 heterocycles. The van der Waals surface area contributed by atoms with Crippen LogP contribution >= 0.6 is 11.9 Å². The van der Waals surface area contributed by atoms with Crippen LogP contribution in [0.5, 0.6) is 0 Å². The summed E-state index contributed by atoms with van der Waals surface area (Å²) in [5, 5.41) is 7.05. The van der Waals surface area contributed by atoms with Crippen molar-refractivity contribution in [2.45, 2.75) is 13.8 Å². The number of carbonyl (C=O) groups excluding carboxylic acids is 3. The third kappa shape index (κ3) is 5.44. The first-order chi connectivity index (χ1) is 11.4. The van der Waals surface area contributed by atoms with Crippen LogP contribution < -0.4 is 26.4 Å². The van der Waals surface area contributed by atoms with Crippen molar-refractivity contribution in [3.05, 3.63) is 29.8 Å². The molecule has 11 heteroatoms. The number of benzene rings is 1. The van der Waals surface area contributed by atoms with Gasteiger partial charge in [0.15, 0.2) is 0 Å². The third-order valence-corrected chi connectivity index (χ3v) is 3.35. The monoisotopic (exact) mass is 351 g/mol. The van der Waals surface area contributed by atoms with Gasteiger partial charge in [0.25, 0.3) is 0 Å². The molecule has 0 atom stereocenters. The Bertz CT molecular complexity index is 679.